The summed E-state index contributed by atoms with van der Waals surface area (Å²) in [6.07, 6.45) is 1.04. The standard InChI is InChI=1S/C18H18BrN3O3S/c1-21(12-14-6-8-16(19)9-7-14)18(23)13-22(26(2,24)25)17-5-3-4-15(10-17)11-20/h3-10H,12-13H2,1-2H3. The van der Waals surface area contributed by atoms with Gasteiger partial charge in [0.1, 0.15) is 6.54 Å². The molecule has 0 spiro atoms. The van der Waals surface area contributed by atoms with Gasteiger partial charge in [0.05, 0.1) is 23.6 Å². The summed E-state index contributed by atoms with van der Waals surface area (Å²) >= 11 is 3.36. The molecule has 0 aliphatic heterocycles. The van der Waals surface area contributed by atoms with Crippen molar-refractivity contribution in [2.24, 2.45) is 0 Å². The number of carbonyl (C=O) groups is 1. The third kappa shape index (κ3) is 5.31. The highest BCUT2D eigenvalue weighted by Crippen LogP contribution is 2.19. The van der Waals surface area contributed by atoms with Crippen LogP contribution in [0.1, 0.15) is 11.1 Å². The van der Waals surface area contributed by atoms with Crippen LogP contribution < -0.4 is 4.31 Å². The quantitative estimate of drug-likeness (QED) is 0.698. The molecule has 0 heterocycles. The molecule has 6 nitrogen and oxygen atoms in total. The lowest BCUT2D eigenvalue weighted by molar-refractivity contribution is -0.128. The number of anilines is 1. The van der Waals surface area contributed by atoms with E-state index in [-0.39, 0.29) is 18.1 Å². The average Bonchev–Trinajstić information content (AvgIpc) is 2.60. The van der Waals surface area contributed by atoms with E-state index in [1.54, 1.807) is 25.2 Å². The Morgan fingerprint density at radius 2 is 1.85 bits per heavy atom. The van der Waals surface area contributed by atoms with Gasteiger partial charge < -0.3 is 4.90 Å². The smallest absolute Gasteiger partial charge is 0.243 e. The first kappa shape index (κ1) is 19.9. The van der Waals surface area contributed by atoms with Crippen LogP contribution in [0.2, 0.25) is 0 Å². The summed E-state index contributed by atoms with van der Waals surface area (Å²) < 4.78 is 26.3. The highest BCUT2D eigenvalue weighted by Gasteiger charge is 2.23. The van der Waals surface area contributed by atoms with Crippen LogP contribution in [0.25, 0.3) is 0 Å². The second kappa shape index (κ2) is 8.34. The van der Waals surface area contributed by atoms with Gasteiger partial charge in [-0.3, -0.25) is 9.10 Å². The Labute approximate surface area is 161 Å². The molecule has 8 heteroatoms. The zero-order valence-electron chi connectivity index (χ0n) is 14.4. The van der Waals surface area contributed by atoms with Crippen LogP contribution in [0.3, 0.4) is 0 Å². The molecule has 26 heavy (non-hydrogen) atoms. The fourth-order valence-corrected chi connectivity index (χ4v) is 3.43. The van der Waals surface area contributed by atoms with Crippen molar-refractivity contribution in [3.05, 3.63) is 64.1 Å². The predicted molar refractivity (Wildman–Crippen MR) is 104 cm³/mol. The Morgan fingerprint density at radius 3 is 2.42 bits per heavy atom. The third-order valence-corrected chi connectivity index (χ3v) is 5.37. The number of hydrogen-bond acceptors (Lipinski definition) is 4. The van der Waals surface area contributed by atoms with Crippen molar-refractivity contribution in [1.82, 2.24) is 4.90 Å². The minimum Gasteiger partial charge on any atom is -0.340 e. The summed E-state index contributed by atoms with van der Waals surface area (Å²) in [4.78, 5) is 14.0. The number of rotatable bonds is 6. The van der Waals surface area contributed by atoms with Gasteiger partial charge >= 0.3 is 0 Å². The van der Waals surface area contributed by atoms with Crippen molar-refractivity contribution in [1.29, 1.82) is 5.26 Å². The molecule has 0 unspecified atom stereocenters. The maximum atomic E-state index is 12.5. The van der Waals surface area contributed by atoms with E-state index >= 15 is 0 Å². The van der Waals surface area contributed by atoms with Gasteiger partial charge in [-0.15, -0.1) is 0 Å². The van der Waals surface area contributed by atoms with E-state index in [4.69, 9.17) is 5.26 Å². The zero-order valence-corrected chi connectivity index (χ0v) is 16.8. The van der Waals surface area contributed by atoms with E-state index in [0.717, 1.165) is 20.6 Å². The van der Waals surface area contributed by atoms with Crippen molar-refractivity contribution in [2.45, 2.75) is 6.54 Å². The van der Waals surface area contributed by atoms with E-state index in [2.05, 4.69) is 15.9 Å². The molecule has 0 atom stereocenters. The van der Waals surface area contributed by atoms with E-state index in [9.17, 15) is 13.2 Å². The lowest BCUT2D eigenvalue weighted by atomic mass is 10.2. The molecule has 2 aromatic carbocycles. The maximum absolute atomic E-state index is 12.5. The molecule has 2 aromatic rings. The van der Waals surface area contributed by atoms with Crippen LogP contribution in [0.15, 0.2) is 53.0 Å². The lowest BCUT2D eigenvalue weighted by Gasteiger charge is -2.25. The molecule has 0 aliphatic rings. The predicted octanol–water partition coefficient (Wildman–Crippen LogP) is 2.75. The second-order valence-electron chi connectivity index (χ2n) is 5.81. The van der Waals surface area contributed by atoms with Crippen LogP contribution >= 0.6 is 15.9 Å². The Bertz CT molecular complexity index is 937. The number of benzene rings is 2. The lowest BCUT2D eigenvalue weighted by Crippen LogP contribution is -2.41. The van der Waals surface area contributed by atoms with Crippen molar-refractivity contribution < 1.29 is 13.2 Å². The van der Waals surface area contributed by atoms with Gasteiger partial charge in [0.25, 0.3) is 0 Å². The number of nitriles is 1. The molecule has 0 bridgehead atoms. The molecule has 0 aliphatic carbocycles. The van der Waals surface area contributed by atoms with Gasteiger partial charge in [-0.05, 0) is 35.9 Å². The fourth-order valence-electron chi connectivity index (χ4n) is 2.33. The number of halogens is 1. The molecule has 0 saturated carbocycles. The number of hydrogen-bond donors (Lipinski definition) is 0. The van der Waals surface area contributed by atoms with Crippen LogP contribution in [0, 0.1) is 11.3 Å². The van der Waals surface area contributed by atoms with Gasteiger partial charge in [-0.1, -0.05) is 34.1 Å². The van der Waals surface area contributed by atoms with Crippen molar-refractivity contribution in [2.75, 3.05) is 24.2 Å². The van der Waals surface area contributed by atoms with E-state index < -0.39 is 10.0 Å². The molecular formula is C18H18BrN3O3S. The molecule has 0 radical (unpaired) electrons. The van der Waals surface area contributed by atoms with Crippen LogP contribution in [-0.2, 0) is 21.4 Å². The van der Waals surface area contributed by atoms with E-state index in [1.165, 1.54) is 11.0 Å². The third-order valence-electron chi connectivity index (χ3n) is 3.70. The minimum absolute atomic E-state index is 0.289. The zero-order chi connectivity index (χ0) is 19.3. The molecule has 0 saturated heterocycles. The molecule has 1 amide bonds. The Hall–Kier alpha value is -2.37. The summed E-state index contributed by atoms with van der Waals surface area (Å²) in [7, 11) is -2.06. The molecular weight excluding hydrogens is 418 g/mol. The normalized spacial score (nSPS) is 10.8. The largest absolute Gasteiger partial charge is 0.340 e. The molecule has 0 N–H and O–H groups in total. The van der Waals surface area contributed by atoms with E-state index in [1.807, 2.05) is 30.3 Å². The first-order valence-electron chi connectivity index (χ1n) is 7.67. The first-order valence-corrected chi connectivity index (χ1v) is 10.3. The highest BCUT2D eigenvalue weighted by molar-refractivity contribution is 9.10. The van der Waals surface area contributed by atoms with Crippen molar-refractivity contribution >= 4 is 37.5 Å². The highest BCUT2D eigenvalue weighted by atomic mass is 79.9. The topological polar surface area (TPSA) is 81.5 Å². The fraction of sp³-hybridized carbons (Fsp3) is 0.222. The van der Waals surface area contributed by atoms with Crippen molar-refractivity contribution in [3.8, 4) is 6.07 Å². The number of amides is 1. The van der Waals surface area contributed by atoms with Gasteiger partial charge in [0.2, 0.25) is 15.9 Å². The average molecular weight is 436 g/mol. The maximum Gasteiger partial charge on any atom is 0.243 e. The van der Waals surface area contributed by atoms with Gasteiger partial charge in [-0.25, -0.2) is 8.42 Å². The minimum atomic E-state index is -3.68. The first-order chi connectivity index (χ1) is 12.2. The van der Waals surface area contributed by atoms with Gasteiger partial charge in [0.15, 0.2) is 0 Å². The number of carbonyl (C=O) groups excluding carboxylic acids is 1. The monoisotopic (exact) mass is 435 g/mol. The van der Waals surface area contributed by atoms with E-state index in [0.29, 0.717) is 12.1 Å². The Kier molecular flexibility index (Phi) is 6.40. The van der Waals surface area contributed by atoms with Gasteiger partial charge in [-0.2, -0.15) is 5.26 Å². The second-order valence-corrected chi connectivity index (χ2v) is 8.63. The summed E-state index contributed by atoms with van der Waals surface area (Å²) in [6, 6.07) is 15.7. The summed E-state index contributed by atoms with van der Waals surface area (Å²) in [5.74, 6) is -0.347. The summed E-state index contributed by atoms with van der Waals surface area (Å²) in [5.41, 5.74) is 1.55. The Balaban J connectivity index is 2.18. The molecule has 136 valence electrons. The molecule has 0 fully saturated rings. The summed E-state index contributed by atoms with van der Waals surface area (Å²) in [6.45, 7) is 0.0305. The number of nitrogens with zero attached hydrogens (tertiary/aromatic N) is 3. The van der Waals surface area contributed by atoms with Crippen LogP contribution in [0.4, 0.5) is 5.69 Å². The van der Waals surface area contributed by atoms with Gasteiger partial charge in [0, 0.05) is 18.1 Å². The van der Waals surface area contributed by atoms with Crippen LogP contribution in [-0.4, -0.2) is 39.1 Å². The molecule has 2 rings (SSSR count). The van der Waals surface area contributed by atoms with Crippen molar-refractivity contribution in [3.63, 3.8) is 0 Å². The number of likely N-dealkylation sites (N-methyl/N-ethyl adjacent to an activating group) is 1. The van der Waals surface area contributed by atoms with Crippen LogP contribution in [0.5, 0.6) is 0 Å². The molecule has 0 aromatic heterocycles. The SMILES string of the molecule is CN(Cc1ccc(Br)cc1)C(=O)CN(c1cccc(C#N)c1)S(C)(=O)=O. The number of sulfonamides is 1. The summed E-state index contributed by atoms with van der Waals surface area (Å²) in [5, 5.41) is 9.00. The Morgan fingerprint density at radius 1 is 1.19 bits per heavy atom.